The quantitative estimate of drug-likeness (QED) is 0.774. The molecule has 1 aliphatic heterocycles. The van der Waals surface area contributed by atoms with E-state index in [-0.39, 0.29) is 19.0 Å². The Bertz CT molecular complexity index is 281. The van der Waals surface area contributed by atoms with Gasteiger partial charge in [-0.2, -0.15) is 13.2 Å². The van der Waals surface area contributed by atoms with E-state index in [9.17, 15) is 18.3 Å². The van der Waals surface area contributed by atoms with E-state index in [2.05, 4.69) is 6.92 Å². The minimum absolute atomic E-state index is 0.179. The predicted molar refractivity (Wildman–Crippen MR) is 58.6 cm³/mol. The number of nitrogens with zero attached hydrogens (tertiary/aromatic N) is 1. The van der Waals surface area contributed by atoms with E-state index in [0.717, 1.165) is 19.3 Å². The average molecular weight is 251 g/mol. The van der Waals surface area contributed by atoms with Crippen molar-refractivity contribution in [2.75, 3.05) is 13.1 Å². The smallest absolute Gasteiger partial charge is 0.379 e. The molecule has 0 radical (unpaired) electrons. The van der Waals surface area contributed by atoms with E-state index < -0.39 is 11.8 Å². The molecular formula is C12H20F3NO. The summed E-state index contributed by atoms with van der Waals surface area (Å²) in [6, 6.07) is 0.232. The van der Waals surface area contributed by atoms with Gasteiger partial charge in [0.15, 0.2) is 5.60 Å². The summed E-state index contributed by atoms with van der Waals surface area (Å²) in [7, 11) is 0. The third-order valence-electron chi connectivity index (χ3n) is 4.23. The minimum atomic E-state index is -4.50. The third kappa shape index (κ3) is 2.60. The molecule has 0 amide bonds. The highest BCUT2D eigenvalue weighted by Crippen LogP contribution is 2.40. The van der Waals surface area contributed by atoms with Crippen molar-refractivity contribution >= 4 is 0 Å². The fourth-order valence-electron chi connectivity index (χ4n) is 3.10. The van der Waals surface area contributed by atoms with Crippen LogP contribution >= 0.6 is 0 Å². The third-order valence-corrected chi connectivity index (χ3v) is 4.23. The molecule has 0 aromatic rings. The molecule has 1 saturated carbocycles. The van der Waals surface area contributed by atoms with E-state index in [1.54, 1.807) is 0 Å². The van der Waals surface area contributed by atoms with Crippen molar-refractivity contribution in [3.8, 4) is 0 Å². The summed E-state index contributed by atoms with van der Waals surface area (Å²) in [5.41, 5.74) is -2.48. The van der Waals surface area contributed by atoms with Crippen LogP contribution in [0.1, 0.15) is 39.0 Å². The van der Waals surface area contributed by atoms with Gasteiger partial charge in [-0.1, -0.05) is 19.8 Å². The van der Waals surface area contributed by atoms with Gasteiger partial charge in [-0.15, -0.1) is 0 Å². The number of halogens is 3. The molecule has 3 unspecified atom stereocenters. The van der Waals surface area contributed by atoms with Crippen LogP contribution in [-0.4, -0.2) is 40.9 Å². The van der Waals surface area contributed by atoms with Crippen LogP contribution in [0.25, 0.3) is 0 Å². The number of hydrogen-bond acceptors (Lipinski definition) is 2. The second kappa shape index (κ2) is 4.43. The molecule has 3 atom stereocenters. The van der Waals surface area contributed by atoms with Crippen LogP contribution in [-0.2, 0) is 0 Å². The fourth-order valence-corrected chi connectivity index (χ4v) is 3.10. The highest BCUT2D eigenvalue weighted by Gasteiger charge is 2.57. The molecule has 1 saturated heterocycles. The van der Waals surface area contributed by atoms with Gasteiger partial charge in [0.25, 0.3) is 0 Å². The summed E-state index contributed by atoms with van der Waals surface area (Å²) in [6.07, 6.45) is -0.476. The summed E-state index contributed by atoms with van der Waals surface area (Å²) in [4.78, 5) is 1.84. The first kappa shape index (κ1) is 13.1. The van der Waals surface area contributed by atoms with Gasteiger partial charge in [0.05, 0.1) is 0 Å². The van der Waals surface area contributed by atoms with Gasteiger partial charge in [0, 0.05) is 19.1 Å². The number of alkyl halides is 3. The molecule has 0 spiro atoms. The normalized spacial score (nSPS) is 40.8. The van der Waals surface area contributed by atoms with Gasteiger partial charge in [-0.25, -0.2) is 0 Å². The molecule has 1 heterocycles. The minimum Gasteiger partial charge on any atom is -0.379 e. The Morgan fingerprint density at radius 1 is 1.29 bits per heavy atom. The Hall–Kier alpha value is -0.290. The summed E-state index contributed by atoms with van der Waals surface area (Å²) >= 11 is 0. The zero-order valence-electron chi connectivity index (χ0n) is 10.1. The number of β-amino-alcohol motifs (C(OH)–C–C–N with tert-alkyl or cyclic N) is 1. The molecule has 2 aliphatic rings. The van der Waals surface area contributed by atoms with Crippen LogP contribution in [0.5, 0.6) is 0 Å². The van der Waals surface area contributed by atoms with Gasteiger partial charge >= 0.3 is 6.18 Å². The second-order valence-electron chi connectivity index (χ2n) is 5.68. The van der Waals surface area contributed by atoms with Gasteiger partial charge in [-0.3, -0.25) is 4.90 Å². The first-order valence-corrected chi connectivity index (χ1v) is 6.35. The molecule has 2 nitrogen and oxygen atoms in total. The highest BCUT2D eigenvalue weighted by molar-refractivity contribution is 4.98. The van der Waals surface area contributed by atoms with Crippen molar-refractivity contribution in [1.29, 1.82) is 0 Å². The standard InChI is InChI=1S/C12H20F3NO/c1-9-3-2-4-10(7-9)16-6-5-11(17,8-16)12(13,14)15/h9-10,17H,2-8H2,1H3. The van der Waals surface area contributed by atoms with E-state index in [1.807, 2.05) is 4.90 Å². The van der Waals surface area contributed by atoms with Crippen LogP contribution in [0.15, 0.2) is 0 Å². The highest BCUT2D eigenvalue weighted by atomic mass is 19.4. The van der Waals surface area contributed by atoms with Gasteiger partial charge in [0.2, 0.25) is 0 Å². The predicted octanol–water partition coefficient (Wildman–Crippen LogP) is 2.56. The lowest BCUT2D eigenvalue weighted by atomic mass is 9.86. The summed E-state index contributed by atoms with van der Waals surface area (Å²) in [6.45, 7) is 2.28. The van der Waals surface area contributed by atoms with E-state index >= 15 is 0 Å². The van der Waals surface area contributed by atoms with Crippen molar-refractivity contribution in [3.63, 3.8) is 0 Å². The molecule has 5 heteroatoms. The zero-order chi connectivity index (χ0) is 12.7. The second-order valence-corrected chi connectivity index (χ2v) is 5.68. The maximum absolute atomic E-state index is 12.7. The Kier molecular flexibility index (Phi) is 3.42. The molecular weight excluding hydrogens is 231 g/mol. The first-order chi connectivity index (χ1) is 7.82. The lowest BCUT2D eigenvalue weighted by Gasteiger charge is -2.35. The number of likely N-dealkylation sites (tertiary alicyclic amines) is 1. The van der Waals surface area contributed by atoms with Crippen LogP contribution < -0.4 is 0 Å². The summed E-state index contributed by atoms with van der Waals surface area (Å²) in [5.74, 6) is 0.591. The largest absolute Gasteiger partial charge is 0.418 e. The maximum atomic E-state index is 12.7. The lowest BCUT2D eigenvalue weighted by molar-refractivity contribution is -0.254. The van der Waals surface area contributed by atoms with Crippen molar-refractivity contribution in [3.05, 3.63) is 0 Å². The molecule has 2 fully saturated rings. The lowest BCUT2D eigenvalue weighted by Crippen LogP contribution is -2.49. The Labute approximate surface area is 99.8 Å². The van der Waals surface area contributed by atoms with E-state index in [0.29, 0.717) is 12.5 Å². The van der Waals surface area contributed by atoms with Crippen LogP contribution in [0.3, 0.4) is 0 Å². The summed E-state index contributed by atoms with van der Waals surface area (Å²) in [5, 5.41) is 9.63. The average Bonchev–Trinajstić information content (AvgIpc) is 2.61. The van der Waals surface area contributed by atoms with Crippen molar-refractivity contribution < 1.29 is 18.3 Å². The number of hydrogen-bond donors (Lipinski definition) is 1. The molecule has 0 bridgehead atoms. The molecule has 100 valence electrons. The van der Waals surface area contributed by atoms with Gasteiger partial charge in [0.1, 0.15) is 0 Å². The SMILES string of the molecule is CC1CCCC(N2CCC(O)(C(F)(F)F)C2)C1. The van der Waals surface area contributed by atoms with Crippen molar-refractivity contribution in [2.45, 2.75) is 56.8 Å². The van der Waals surface area contributed by atoms with Crippen LogP contribution in [0, 0.1) is 5.92 Å². The van der Waals surface area contributed by atoms with Gasteiger partial charge in [-0.05, 0) is 25.2 Å². The van der Waals surface area contributed by atoms with Crippen LogP contribution in [0.4, 0.5) is 13.2 Å². The van der Waals surface area contributed by atoms with Gasteiger partial charge < -0.3 is 5.11 Å². The Balaban J connectivity index is 1.98. The molecule has 1 N–H and O–H groups in total. The molecule has 1 aliphatic carbocycles. The number of aliphatic hydroxyl groups is 1. The topological polar surface area (TPSA) is 23.5 Å². The maximum Gasteiger partial charge on any atom is 0.418 e. The molecule has 0 aromatic heterocycles. The van der Waals surface area contributed by atoms with E-state index in [1.165, 1.54) is 6.42 Å². The monoisotopic (exact) mass is 251 g/mol. The zero-order valence-corrected chi connectivity index (χ0v) is 10.1. The van der Waals surface area contributed by atoms with Crippen LogP contribution in [0.2, 0.25) is 0 Å². The molecule has 17 heavy (non-hydrogen) atoms. The van der Waals surface area contributed by atoms with E-state index in [4.69, 9.17) is 0 Å². The van der Waals surface area contributed by atoms with Crippen molar-refractivity contribution in [1.82, 2.24) is 4.90 Å². The summed E-state index contributed by atoms with van der Waals surface area (Å²) < 4.78 is 38.1. The van der Waals surface area contributed by atoms with Crippen molar-refractivity contribution in [2.24, 2.45) is 5.92 Å². The molecule has 0 aromatic carbocycles. The molecule has 2 rings (SSSR count). The first-order valence-electron chi connectivity index (χ1n) is 6.35. The Morgan fingerprint density at radius 2 is 2.00 bits per heavy atom. The fraction of sp³-hybridized carbons (Fsp3) is 1.00. The Morgan fingerprint density at radius 3 is 2.53 bits per heavy atom. The number of rotatable bonds is 1.